The van der Waals surface area contributed by atoms with Crippen LogP contribution in [0.15, 0.2) is 18.2 Å². The molecule has 0 spiro atoms. The predicted molar refractivity (Wildman–Crippen MR) is 82.9 cm³/mol. The smallest absolute Gasteiger partial charge is 0.224 e. The lowest BCUT2D eigenvalue weighted by Gasteiger charge is -2.29. The summed E-state index contributed by atoms with van der Waals surface area (Å²) < 4.78 is 13.7. The molecule has 1 heterocycles. The predicted octanol–water partition coefficient (Wildman–Crippen LogP) is 3.31. The van der Waals surface area contributed by atoms with Crippen molar-refractivity contribution >= 4 is 11.6 Å². The molecule has 1 saturated carbocycles. The van der Waals surface area contributed by atoms with Crippen molar-refractivity contribution in [1.82, 2.24) is 5.06 Å². The molecule has 0 aromatic heterocycles. The van der Waals surface area contributed by atoms with Gasteiger partial charge in [-0.05, 0) is 61.3 Å². The van der Waals surface area contributed by atoms with Gasteiger partial charge in [-0.2, -0.15) is 5.06 Å². The molecule has 2 aliphatic rings. The van der Waals surface area contributed by atoms with E-state index < -0.39 is 0 Å². The highest BCUT2D eigenvalue weighted by Gasteiger charge is 2.27. The summed E-state index contributed by atoms with van der Waals surface area (Å²) in [7, 11) is 1.68. The number of rotatable bonds is 5. The number of hydroxylamine groups is 2. The maximum Gasteiger partial charge on any atom is 0.224 e. The fraction of sp³-hybridized carbons (Fsp3) is 0.588. The van der Waals surface area contributed by atoms with Crippen LogP contribution in [0.4, 0.5) is 10.1 Å². The van der Waals surface area contributed by atoms with Gasteiger partial charge in [0.05, 0.1) is 7.11 Å². The summed E-state index contributed by atoms with van der Waals surface area (Å²) in [6.45, 7) is 1.74. The molecule has 120 valence electrons. The molecule has 0 radical (unpaired) electrons. The Hall–Kier alpha value is -1.46. The standard InChI is InChI=1S/C17H23FN2O2/c1-22-20-8-6-12(7-9-20)10-17(21)19-14-4-5-16(18)15(11-14)13-2-3-13/h4-5,11-13H,2-3,6-10H2,1H3,(H,19,21). The van der Waals surface area contributed by atoms with E-state index in [1.54, 1.807) is 19.2 Å². The second-order valence-corrected chi connectivity index (χ2v) is 6.32. The number of carbonyl (C=O) groups excluding carboxylic acids is 1. The summed E-state index contributed by atoms with van der Waals surface area (Å²) in [6.07, 6.45) is 4.56. The van der Waals surface area contributed by atoms with Crippen LogP contribution in [0, 0.1) is 11.7 Å². The second kappa shape index (κ2) is 6.75. The first-order valence-electron chi connectivity index (χ1n) is 8.04. The van der Waals surface area contributed by atoms with E-state index in [0.29, 0.717) is 23.9 Å². The highest BCUT2D eigenvalue weighted by Crippen LogP contribution is 2.42. The molecule has 2 fully saturated rings. The van der Waals surface area contributed by atoms with Crippen molar-refractivity contribution < 1.29 is 14.0 Å². The fourth-order valence-corrected chi connectivity index (χ4v) is 3.10. The van der Waals surface area contributed by atoms with Crippen LogP contribution in [0.3, 0.4) is 0 Å². The van der Waals surface area contributed by atoms with Crippen molar-refractivity contribution in [2.75, 3.05) is 25.5 Å². The van der Waals surface area contributed by atoms with E-state index in [2.05, 4.69) is 5.32 Å². The zero-order chi connectivity index (χ0) is 15.5. The van der Waals surface area contributed by atoms with Crippen molar-refractivity contribution in [3.63, 3.8) is 0 Å². The van der Waals surface area contributed by atoms with E-state index in [1.165, 1.54) is 6.07 Å². The van der Waals surface area contributed by atoms with Gasteiger partial charge >= 0.3 is 0 Å². The number of benzene rings is 1. The van der Waals surface area contributed by atoms with Gasteiger partial charge in [0.1, 0.15) is 5.82 Å². The van der Waals surface area contributed by atoms with Crippen LogP contribution in [0.2, 0.25) is 0 Å². The number of hydrogen-bond acceptors (Lipinski definition) is 3. The molecule has 1 aromatic rings. The maximum atomic E-state index is 13.7. The lowest BCUT2D eigenvalue weighted by molar-refractivity contribution is -0.149. The highest BCUT2D eigenvalue weighted by atomic mass is 19.1. The molecule has 5 heteroatoms. The minimum atomic E-state index is -0.160. The van der Waals surface area contributed by atoms with Crippen molar-refractivity contribution in [1.29, 1.82) is 0 Å². The summed E-state index contributed by atoms with van der Waals surface area (Å²) >= 11 is 0. The van der Waals surface area contributed by atoms with Gasteiger partial charge in [-0.1, -0.05) is 0 Å². The lowest BCUT2D eigenvalue weighted by atomic mass is 9.94. The first-order chi connectivity index (χ1) is 10.7. The van der Waals surface area contributed by atoms with Crippen LogP contribution in [0.1, 0.15) is 43.6 Å². The molecule has 1 aliphatic heterocycles. The molecule has 0 bridgehead atoms. The minimum absolute atomic E-state index is 0.0178. The van der Waals surface area contributed by atoms with E-state index in [1.807, 2.05) is 5.06 Å². The molecule has 1 amide bonds. The van der Waals surface area contributed by atoms with Crippen LogP contribution in [-0.2, 0) is 9.63 Å². The quantitative estimate of drug-likeness (QED) is 0.907. The van der Waals surface area contributed by atoms with Crippen molar-refractivity contribution in [2.24, 2.45) is 5.92 Å². The Morgan fingerprint density at radius 3 is 2.68 bits per heavy atom. The number of nitrogens with zero attached hydrogens (tertiary/aromatic N) is 1. The van der Waals surface area contributed by atoms with Gasteiger partial charge in [0, 0.05) is 25.2 Å². The van der Waals surface area contributed by atoms with Gasteiger partial charge in [0.2, 0.25) is 5.91 Å². The number of halogens is 1. The Kier molecular flexibility index (Phi) is 4.74. The summed E-state index contributed by atoms with van der Waals surface area (Å²) in [5, 5.41) is 4.84. The van der Waals surface area contributed by atoms with Gasteiger partial charge in [-0.3, -0.25) is 4.79 Å². The third-order valence-electron chi connectivity index (χ3n) is 4.60. The molecule has 4 nitrogen and oxygen atoms in total. The van der Waals surface area contributed by atoms with Crippen LogP contribution < -0.4 is 5.32 Å². The maximum absolute atomic E-state index is 13.7. The van der Waals surface area contributed by atoms with Gasteiger partial charge in [0.15, 0.2) is 0 Å². The zero-order valence-electron chi connectivity index (χ0n) is 13.0. The Morgan fingerprint density at radius 2 is 2.05 bits per heavy atom. The summed E-state index contributed by atoms with van der Waals surface area (Å²) in [4.78, 5) is 17.4. The number of carbonyl (C=O) groups is 1. The van der Waals surface area contributed by atoms with Gasteiger partial charge < -0.3 is 10.2 Å². The minimum Gasteiger partial charge on any atom is -0.326 e. The fourth-order valence-electron chi connectivity index (χ4n) is 3.10. The molecule has 1 aromatic carbocycles. The Bertz CT molecular complexity index is 537. The van der Waals surface area contributed by atoms with Crippen LogP contribution in [-0.4, -0.2) is 31.2 Å². The Balaban J connectivity index is 1.52. The van der Waals surface area contributed by atoms with Crippen molar-refractivity contribution in [3.05, 3.63) is 29.6 Å². The summed E-state index contributed by atoms with van der Waals surface area (Å²) in [5.74, 6) is 0.599. The third-order valence-corrected chi connectivity index (χ3v) is 4.60. The Labute approximate surface area is 130 Å². The third kappa shape index (κ3) is 3.84. The van der Waals surface area contributed by atoms with Crippen LogP contribution in [0.5, 0.6) is 0 Å². The van der Waals surface area contributed by atoms with Gasteiger partial charge in [0.25, 0.3) is 0 Å². The number of piperidine rings is 1. The lowest BCUT2D eigenvalue weighted by Crippen LogP contribution is -2.34. The molecule has 1 saturated heterocycles. The average Bonchev–Trinajstić information content (AvgIpc) is 3.34. The Morgan fingerprint density at radius 1 is 1.32 bits per heavy atom. The van der Waals surface area contributed by atoms with E-state index in [9.17, 15) is 9.18 Å². The first kappa shape index (κ1) is 15.4. The summed E-state index contributed by atoms with van der Waals surface area (Å²) in [6, 6.07) is 4.89. The van der Waals surface area contributed by atoms with Crippen LogP contribution >= 0.6 is 0 Å². The average molecular weight is 306 g/mol. The van der Waals surface area contributed by atoms with Crippen LogP contribution in [0.25, 0.3) is 0 Å². The monoisotopic (exact) mass is 306 g/mol. The normalized spacial score (nSPS) is 20.1. The summed E-state index contributed by atoms with van der Waals surface area (Å²) in [5.41, 5.74) is 1.45. The zero-order valence-corrected chi connectivity index (χ0v) is 13.0. The molecule has 22 heavy (non-hydrogen) atoms. The molecular formula is C17H23FN2O2. The molecule has 3 rings (SSSR count). The second-order valence-electron chi connectivity index (χ2n) is 6.32. The molecular weight excluding hydrogens is 283 g/mol. The van der Waals surface area contributed by atoms with Crippen molar-refractivity contribution in [2.45, 2.75) is 38.0 Å². The van der Waals surface area contributed by atoms with E-state index in [4.69, 9.17) is 4.84 Å². The van der Waals surface area contributed by atoms with E-state index in [-0.39, 0.29) is 11.7 Å². The van der Waals surface area contributed by atoms with Gasteiger partial charge in [-0.25, -0.2) is 4.39 Å². The number of nitrogens with one attached hydrogen (secondary N) is 1. The largest absolute Gasteiger partial charge is 0.326 e. The molecule has 1 N–H and O–H groups in total. The van der Waals surface area contributed by atoms with Gasteiger partial charge in [-0.15, -0.1) is 0 Å². The number of hydrogen-bond donors (Lipinski definition) is 1. The molecule has 0 unspecified atom stereocenters. The highest BCUT2D eigenvalue weighted by molar-refractivity contribution is 5.91. The van der Waals surface area contributed by atoms with E-state index in [0.717, 1.165) is 44.3 Å². The number of amides is 1. The molecule has 1 aliphatic carbocycles. The SMILES string of the molecule is CON1CCC(CC(=O)Nc2ccc(F)c(C3CC3)c2)CC1. The van der Waals surface area contributed by atoms with Crippen molar-refractivity contribution in [3.8, 4) is 0 Å². The molecule has 0 atom stereocenters. The number of anilines is 1. The topological polar surface area (TPSA) is 41.6 Å². The van der Waals surface area contributed by atoms with E-state index >= 15 is 0 Å². The first-order valence-corrected chi connectivity index (χ1v) is 8.04.